The maximum absolute atomic E-state index is 12.3. The van der Waals surface area contributed by atoms with Crippen molar-refractivity contribution in [3.8, 4) is 17.3 Å². The van der Waals surface area contributed by atoms with Crippen LogP contribution < -0.4 is 16.0 Å². The van der Waals surface area contributed by atoms with E-state index in [0.29, 0.717) is 23.6 Å². The molecule has 3 rings (SSSR count). The normalized spacial score (nSPS) is 12.1. The highest BCUT2D eigenvalue weighted by molar-refractivity contribution is 5.82. The molecule has 0 unspecified atom stereocenters. The van der Waals surface area contributed by atoms with E-state index in [1.165, 1.54) is 24.3 Å². The topological polar surface area (TPSA) is 160 Å². The number of aromatic amines is 1. The van der Waals surface area contributed by atoms with E-state index in [0.717, 1.165) is 10.8 Å². The van der Waals surface area contributed by atoms with Gasteiger partial charge in [-0.15, -0.1) is 0 Å². The van der Waals surface area contributed by atoms with Crippen LogP contribution in [0.15, 0.2) is 63.1 Å². The van der Waals surface area contributed by atoms with Crippen LogP contribution in [0.3, 0.4) is 0 Å². The first kappa shape index (κ1) is 22.4. The highest BCUT2D eigenvalue weighted by Crippen LogP contribution is 2.20. The zero-order valence-electron chi connectivity index (χ0n) is 17.0. The number of H-pyrrole nitrogens is 1. The second-order valence-corrected chi connectivity index (χ2v) is 6.62. The molecule has 3 aromatic rings. The maximum Gasteiger partial charge on any atom is 0.335 e. The van der Waals surface area contributed by atoms with Crippen LogP contribution in [-0.4, -0.2) is 44.1 Å². The first-order chi connectivity index (χ1) is 15.3. The largest absolute Gasteiger partial charge is 0.494 e. The number of hydrogen-bond acceptors (Lipinski definition) is 8. The summed E-state index contributed by atoms with van der Waals surface area (Å²) in [5.74, 6) is -0.0354. The Kier molecular flexibility index (Phi) is 6.80. The Hall–Kier alpha value is -4.25. The van der Waals surface area contributed by atoms with Crippen LogP contribution in [0.2, 0.25) is 0 Å². The van der Waals surface area contributed by atoms with Gasteiger partial charge in [-0.25, -0.2) is 9.36 Å². The van der Waals surface area contributed by atoms with Crippen molar-refractivity contribution in [2.24, 2.45) is 4.99 Å². The zero-order valence-corrected chi connectivity index (χ0v) is 17.0. The van der Waals surface area contributed by atoms with Gasteiger partial charge in [0.2, 0.25) is 5.88 Å². The summed E-state index contributed by atoms with van der Waals surface area (Å²) in [5.41, 5.74) is -1.37. The van der Waals surface area contributed by atoms with Gasteiger partial charge in [-0.1, -0.05) is 0 Å². The minimum atomic E-state index is -1.09. The van der Waals surface area contributed by atoms with E-state index in [-0.39, 0.29) is 17.8 Å². The van der Waals surface area contributed by atoms with Crippen molar-refractivity contribution in [3.63, 3.8) is 0 Å². The Morgan fingerprint density at radius 2 is 1.84 bits per heavy atom. The summed E-state index contributed by atoms with van der Waals surface area (Å²) >= 11 is 0. The molecule has 0 amide bonds. The molecule has 0 aliphatic carbocycles. The number of aliphatic hydroxyl groups excluding tert-OH is 1. The molecule has 11 nitrogen and oxygen atoms in total. The van der Waals surface area contributed by atoms with Gasteiger partial charge in [0.25, 0.3) is 11.2 Å². The van der Waals surface area contributed by atoms with Gasteiger partial charge in [-0.05, 0) is 48.9 Å². The van der Waals surface area contributed by atoms with Gasteiger partial charge in [0.05, 0.1) is 29.9 Å². The molecule has 11 heteroatoms. The van der Waals surface area contributed by atoms with Crippen molar-refractivity contribution in [2.75, 3.05) is 13.2 Å². The molecule has 0 fully saturated rings. The van der Waals surface area contributed by atoms with Crippen molar-refractivity contribution in [1.82, 2.24) is 9.55 Å². The van der Waals surface area contributed by atoms with Gasteiger partial charge in [0.1, 0.15) is 11.3 Å². The fraction of sp³-hybridized carbons (Fsp3) is 0.190. The summed E-state index contributed by atoms with van der Waals surface area (Å²) in [7, 11) is 0. The molecule has 0 bridgehead atoms. The molecule has 1 atom stereocenters. The van der Waals surface area contributed by atoms with Gasteiger partial charge in [-0.2, -0.15) is 0 Å². The number of aromatic nitrogens is 2. The average Bonchev–Trinajstić information content (AvgIpc) is 2.77. The third-order valence-electron chi connectivity index (χ3n) is 4.51. The SMILES string of the molecule is CCOc1ccc(-n2c(O)c(C=NC[C@H](O)c3ccc([N+](=O)[O-])cc3)c(=O)[nH]c2=O)cc1. The van der Waals surface area contributed by atoms with E-state index in [2.05, 4.69) is 9.98 Å². The van der Waals surface area contributed by atoms with E-state index in [9.17, 15) is 29.9 Å². The molecule has 1 heterocycles. The monoisotopic (exact) mass is 440 g/mol. The predicted octanol–water partition coefficient (Wildman–Crippen LogP) is 1.69. The van der Waals surface area contributed by atoms with E-state index < -0.39 is 28.2 Å². The minimum Gasteiger partial charge on any atom is -0.494 e. The highest BCUT2D eigenvalue weighted by Gasteiger charge is 2.15. The van der Waals surface area contributed by atoms with Gasteiger partial charge in [-0.3, -0.25) is 24.9 Å². The Morgan fingerprint density at radius 1 is 1.19 bits per heavy atom. The lowest BCUT2D eigenvalue weighted by Gasteiger charge is -2.11. The summed E-state index contributed by atoms with van der Waals surface area (Å²) in [5, 5.41) is 31.5. The lowest BCUT2D eigenvalue weighted by Crippen LogP contribution is -2.31. The number of rotatable bonds is 8. The molecular formula is C21H20N4O7. The summed E-state index contributed by atoms with van der Waals surface area (Å²) in [4.78, 5) is 40.7. The van der Waals surface area contributed by atoms with Crippen LogP contribution in [0, 0.1) is 10.1 Å². The van der Waals surface area contributed by atoms with E-state index in [1.807, 2.05) is 6.92 Å². The third kappa shape index (κ3) is 4.90. The third-order valence-corrected chi connectivity index (χ3v) is 4.51. The van der Waals surface area contributed by atoms with Gasteiger partial charge < -0.3 is 14.9 Å². The number of nitro benzene ring substituents is 1. The number of nitro groups is 1. The van der Waals surface area contributed by atoms with E-state index in [1.54, 1.807) is 24.3 Å². The number of hydrogen-bond donors (Lipinski definition) is 3. The van der Waals surface area contributed by atoms with Crippen LogP contribution in [-0.2, 0) is 0 Å². The van der Waals surface area contributed by atoms with Crippen molar-refractivity contribution >= 4 is 11.9 Å². The van der Waals surface area contributed by atoms with E-state index in [4.69, 9.17) is 4.74 Å². The summed E-state index contributed by atoms with van der Waals surface area (Å²) in [6, 6.07) is 11.6. The van der Waals surface area contributed by atoms with Crippen molar-refractivity contribution in [3.05, 3.63) is 90.6 Å². The number of nitrogens with one attached hydrogen (secondary N) is 1. The van der Waals surface area contributed by atoms with Crippen molar-refractivity contribution in [1.29, 1.82) is 0 Å². The molecular weight excluding hydrogens is 420 g/mol. The molecule has 0 aliphatic rings. The average molecular weight is 440 g/mol. The van der Waals surface area contributed by atoms with Crippen LogP contribution in [0.5, 0.6) is 11.6 Å². The smallest absolute Gasteiger partial charge is 0.335 e. The Balaban J connectivity index is 1.84. The number of aliphatic imine (C=N–C) groups is 1. The van der Waals surface area contributed by atoms with Gasteiger partial charge >= 0.3 is 5.69 Å². The van der Waals surface area contributed by atoms with Crippen LogP contribution in [0.25, 0.3) is 5.69 Å². The molecule has 0 saturated carbocycles. The Bertz CT molecular complexity index is 1250. The summed E-state index contributed by atoms with van der Waals surface area (Å²) in [6.07, 6.45) is -0.0434. The summed E-state index contributed by atoms with van der Waals surface area (Å²) < 4.78 is 6.25. The zero-order chi connectivity index (χ0) is 23.3. The molecule has 0 saturated heterocycles. The maximum atomic E-state index is 12.3. The fourth-order valence-corrected chi connectivity index (χ4v) is 2.92. The highest BCUT2D eigenvalue weighted by atomic mass is 16.6. The lowest BCUT2D eigenvalue weighted by atomic mass is 10.1. The molecule has 0 aliphatic heterocycles. The number of ether oxygens (including phenoxy) is 1. The molecule has 166 valence electrons. The second-order valence-electron chi connectivity index (χ2n) is 6.62. The van der Waals surface area contributed by atoms with Gasteiger partial charge in [0, 0.05) is 18.3 Å². The summed E-state index contributed by atoms with van der Waals surface area (Å²) in [6.45, 7) is 2.12. The number of non-ortho nitro benzene ring substituents is 1. The van der Waals surface area contributed by atoms with Crippen molar-refractivity contribution in [2.45, 2.75) is 13.0 Å². The fourth-order valence-electron chi connectivity index (χ4n) is 2.92. The Morgan fingerprint density at radius 3 is 2.44 bits per heavy atom. The number of aromatic hydroxyl groups is 1. The molecule has 2 aromatic carbocycles. The van der Waals surface area contributed by atoms with Crippen molar-refractivity contribution < 1.29 is 19.9 Å². The molecule has 3 N–H and O–H groups in total. The second kappa shape index (κ2) is 9.71. The lowest BCUT2D eigenvalue weighted by molar-refractivity contribution is -0.384. The standard InChI is InChI=1S/C21H20N4O7/c1-2-32-16-9-7-14(8-10-16)24-20(28)17(19(27)23-21(24)29)11-22-12-18(26)13-3-5-15(6-4-13)25(30)31/h3-11,18,26,28H,2,12H2,1H3,(H,23,27,29)/t18-/m0/s1. The quantitative estimate of drug-likeness (QED) is 0.273. The van der Waals surface area contributed by atoms with Crippen LogP contribution in [0.1, 0.15) is 24.2 Å². The minimum absolute atomic E-state index is 0.113. The molecule has 0 spiro atoms. The van der Waals surface area contributed by atoms with Gasteiger partial charge in [0.15, 0.2) is 0 Å². The molecule has 32 heavy (non-hydrogen) atoms. The van der Waals surface area contributed by atoms with E-state index >= 15 is 0 Å². The first-order valence-corrected chi connectivity index (χ1v) is 9.55. The van der Waals surface area contributed by atoms with Crippen LogP contribution in [0.4, 0.5) is 5.69 Å². The molecule has 0 radical (unpaired) electrons. The molecule has 1 aromatic heterocycles. The number of nitrogens with zero attached hydrogens (tertiary/aromatic N) is 3. The number of aliphatic hydroxyl groups is 1. The number of benzene rings is 2. The Labute approximate surface area is 181 Å². The first-order valence-electron chi connectivity index (χ1n) is 9.55. The van der Waals surface area contributed by atoms with Crippen LogP contribution >= 0.6 is 0 Å². The predicted molar refractivity (Wildman–Crippen MR) is 116 cm³/mol.